The Bertz CT molecular complexity index is 426. The van der Waals surface area contributed by atoms with Gasteiger partial charge in [-0.15, -0.1) is 0 Å². The fourth-order valence-corrected chi connectivity index (χ4v) is 1.27. The molecule has 0 aliphatic rings. The number of ether oxygens (including phenoxy) is 1. The van der Waals surface area contributed by atoms with Crippen molar-refractivity contribution in [3.63, 3.8) is 0 Å². The molecule has 92 valence electrons. The second kappa shape index (κ2) is 5.05. The molecule has 0 bridgehead atoms. The van der Waals surface area contributed by atoms with Crippen LogP contribution in [0, 0.1) is 0 Å². The van der Waals surface area contributed by atoms with Crippen LogP contribution in [0.2, 0.25) is 0 Å². The van der Waals surface area contributed by atoms with Crippen LogP contribution >= 0.6 is 0 Å². The summed E-state index contributed by atoms with van der Waals surface area (Å²) in [4.78, 5) is 21.6. The Morgan fingerprint density at radius 2 is 2.12 bits per heavy atom. The Morgan fingerprint density at radius 1 is 1.47 bits per heavy atom. The first-order valence-corrected chi connectivity index (χ1v) is 4.70. The summed E-state index contributed by atoms with van der Waals surface area (Å²) in [5.74, 6) is -4.00. The molecule has 1 unspecified atom stereocenters. The van der Waals surface area contributed by atoms with Crippen LogP contribution < -0.4 is 0 Å². The second-order valence-electron chi connectivity index (χ2n) is 3.40. The van der Waals surface area contributed by atoms with Gasteiger partial charge in [-0.1, -0.05) is 18.2 Å². The van der Waals surface area contributed by atoms with E-state index < -0.39 is 17.9 Å². The van der Waals surface area contributed by atoms with Gasteiger partial charge in [0.2, 0.25) is 11.9 Å². The van der Waals surface area contributed by atoms with Crippen LogP contribution in [-0.4, -0.2) is 40.8 Å². The standard InChI is InChI=1S/C11H12O6/c1-17-10(14)9(13)11(15,16)8-4-2-3-7(5-8)6-12/h2-6,9,13,15-16H,1H3. The van der Waals surface area contributed by atoms with Crippen LogP contribution in [0.25, 0.3) is 0 Å². The molecule has 0 amide bonds. The van der Waals surface area contributed by atoms with Gasteiger partial charge in [0, 0.05) is 11.1 Å². The van der Waals surface area contributed by atoms with E-state index in [4.69, 9.17) is 0 Å². The molecular weight excluding hydrogens is 228 g/mol. The first-order chi connectivity index (χ1) is 7.93. The van der Waals surface area contributed by atoms with E-state index >= 15 is 0 Å². The Morgan fingerprint density at radius 3 is 2.65 bits per heavy atom. The van der Waals surface area contributed by atoms with Crippen molar-refractivity contribution in [1.29, 1.82) is 0 Å². The van der Waals surface area contributed by atoms with Gasteiger partial charge in [0.1, 0.15) is 6.29 Å². The highest BCUT2D eigenvalue weighted by molar-refractivity contribution is 5.77. The number of aliphatic hydroxyl groups excluding tert-OH is 1. The minimum Gasteiger partial charge on any atom is -0.467 e. The Labute approximate surface area is 97.1 Å². The van der Waals surface area contributed by atoms with Crippen molar-refractivity contribution in [1.82, 2.24) is 0 Å². The lowest BCUT2D eigenvalue weighted by atomic mass is 9.98. The molecule has 0 saturated heterocycles. The molecule has 3 N–H and O–H groups in total. The molecule has 0 saturated carbocycles. The van der Waals surface area contributed by atoms with E-state index in [9.17, 15) is 24.9 Å². The molecule has 1 atom stereocenters. The molecule has 0 radical (unpaired) electrons. The molecule has 0 heterocycles. The number of carbonyl (C=O) groups is 2. The number of benzene rings is 1. The quantitative estimate of drug-likeness (QED) is 0.360. The van der Waals surface area contributed by atoms with Gasteiger partial charge in [-0.05, 0) is 6.07 Å². The predicted molar refractivity (Wildman–Crippen MR) is 56.0 cm³/mol. The number of aliphatic hydroxyl groups is 3. The lowest BCUT2D eigenvalue weighted by Gasteiger charge is -2.25. The lowest BCUT2D eigenvalue weighted by molar-refractivity contribution is -0.239. The zero-order valence-corrected chi connectivity index (χ0v) is 9.03. The van der Waals surface area contributed by atoms with Gasteiger partial charge < -0.3 is 20.1 Å². The molecular formula is C11H12O6. The van der Waals surface area contributed by atoms with E-state index in [-0.39, 0.29) is 11.1 Å². The lowest BCUT2D eigenvalue weighted by Crippen LogP contribution is -2.45. The number of methoxy groups -OCH3 is 1. The highest BCUT2D eigenvalue weighted by Gasteiger charge is 2.41. The third-order valence-corrected chi connectivity index (χ3v) is 2.25. The van der Waals surface area contributed by atoms with Crippen molar-refractivity contribution in [3.05, 3.63) is 35.4 Å². The number of aldehydes is 1. The summed E-state index contributed by atoms with van der Waals surface area (Å²) >= 11 is 0. The van der Waals surface area contributed by atoms with Crippen molar-refractivity contribution in [2.45, 2.75) is 11.9 Å². The molecule has 17 heavy (non-hydrogen) atoms. The molecule has 0 aliphatic heterocycles. The largest absolute Gasteiger partial charge is 0.467 e. The number of esters is 1. The minimum absolute atomic E-state index is 0.181. The maximum Gasteiger partial charge on any atom is 0.340 e. The van der Waals surface area contributed by atoms with E-state index in [1.54, 1.807) is 0 Å². The summed E-state index contributed by atoms with van der Waals surface area (Å²) in [5, 5.41) is 28.7. The Kier molecular flexibility index (Phi) is 3.95. The van der Waals surface area contributed by atoms with Crippen LogP contribution in [-0.2, 0) is 15.3 Å². The highest BCUT2D eigenvalue weighted by Crippen LogP contribution is 2.23. The summed E-state index contributed by atoms with van der Waals surface area (Å²) in [6, 6.07) is 5.25. The monoisotopic (exact) mass is 240 g/mol. The van der Waals surface area contributed by atoms with Crippen LogP contribution in [0.15, 0.2) is 24.3 Å². The first-order valence-electron chi connectivity index (χ1n) is 4.70. The van der Waals surface area contributed by atoms with Gasteiger partial charge in [0.05, 0.1) is 7.11 Å². The van der Waals surface area contributed by atoms with Gasteiger partial charge in [-0.2, -0.15) is 0 Å². The van der Waals surface area contributed by atoms with E-state index in [0.717, 1.165) is 13.2 Å². The average Bonchev–Trinajstić information content (AvgIpc) is 2.36. The van der Waals surface area contributed by atoms with E-state index in [1.165, 1.54) is 18.2 Å². The van der Waals surface area contributed by atoms with Crippen molar-refractivity contribution in [2.24, 2.45) is 0 Å². The number of hydrogen-bond acceptors (Lipinski definition) is 6. The zero-order valence-electron chi connectivity index (χ0n) is 9.03. The molecule has 0 fully saturated rings. The van der Waals surface area contributed by atoms with Crippen molar-refractivity contribution < 1.29 is 29.6 Å². The summed E-state index contributed by atoms with van der Waals surface area (Å²) < 4.78 is 4.20. The fraction of sp³-hybridized carbons (Fsp3) is 0.273. The molecule has 0 spiro atoms. The normalized spacial score (nSPS) is 12.9. The van der Waals surface area contributed by atoms with Crippen molar-refractivity contribution >= 4 is 12.3 Å². The zero-order chi connectivity index (χ0) is 13.1. The Balaban J connectivity index is 3.11. The predicted octanol–water partition coefficient (Wildman–Crippen LogP) is -0.830. The van der Waals surface area contributed by atoms with Gasteiger partial charge in [0.25, 0.3) is 0 Å². The van der Waals surface area contributed by atoms with Crippen LogP contribution in [0.1, 0.15) is 15.9 Å². The summed E-state index contributed by atoms with van der Waals surface area (Å²) in [6.45, 7) is 0. The maximum absolute atomic E-state index is 11.0. The molecule has 1 aromatic rings. The van der Waals surface area contributed by atoms with Crippen LogP contribution in [0.3, 0.4) is 0 Å². The summed E-state index contributed by atoms with van der Waals surface area (Å²) in [7, 11) is 1.00. The van der Waals surface area contributed by atoms with Crippen LogP contribution in [0.5, 0.6) is 0 Å². The van der Waals surface area contributed by atoms with Gasteiger partial charge in [0.15, 0.2) is 0 Å². The van der Waals surface area contributed by atoms with Gasteiger partial charge in [-0.3, -0.25) is 4.79 Å². The minimum atomic E-state index is -2.81. The molecule has 6 heteroatoms. The smallest absolute Gasteiger partial charge is 0.340 e. The van der Waals surface area contributed by atoms with Crippen molar-refractivity contribution in [2.75, 3.05) is 7.11 Å². The maximum atomic E-state index is 11.0. The van der Waals surface area contributed by atoms with E-state index in [1.807, 2.05) is 0 Å². The molecule has 0 aliphatic carbocycles. The molecule has 1 rings (SSSR count). The van der Waals surface area contributed by atoms with Crippen LogP contribution in [0.4, 0.5) is 0 Å². The highest BCUT2D eigenvalue weighted by atomic mass is 16.6. The van der Waals surface area contributed by atoms with Crippen molar-refractivity contribution in [3.8, 4) is 0 Å². The van der Waals surface area contributed by atoms with Gasteiger partial charge >= 0.3 is 5.97 Å². The third-order valence-electron chi connectivity index (χ3n) is 2.25. The summed E-state index contributed by atoms with van der Waals surface area (Å²) in [6.07, 6.45) is -1.65. The SMILES string of the molecule is COC(=O)C(O)C(O)(O)c1cccc(C=O)c1. The Hall–Kier alpha value is -1.76. The second-order valence-corrected chi connectivity index (χ2v) is 3.40. The molecule has 6 nitrogen and oxygen atoms in total. The topological polar surface area (TPSA) is 104 Å². The van der Waals surface area contributed by atoms with E-state index in [2.05, 4.69) is 4.74 Å². The number of rotatable bonds is 4. The van der Waals surface area contributed by atoms with Gasteiger partial charge in [-0.25, -0.2) is 4.79 Å². The first kappa shape index (κ1) is 13.3. The summed E-state index contributed by atoms with van der Waals surface area (Å²) in [5.41, 5.74) is 0.00652. The fourth-order valence-electron chi connectivity index (χ4n) is 1.27. The number of hydrogen-bond donors (Lipinski definition) is 3. The van der Waals surface area contributed by atoms with E-state index in [0.29, 0.717) is 6.29 Å². The number of carbonyl (C=O) groups excluding carboxylic acids is 2. The third kappa shape index (κ3) is 2.68. The average molecular weight is 240 g/mol. The molecule has 1 aromatic carbocycles. The molecule has 0 aromatic heterocycles.